The molecule has 0 radical (unpaired) electrons. The molecule has 10 heteroatoms. The molecule has 1 rings (SSSR count). The first-order chi connectivity index (χ1) is 9.81. The molecule has 0 saturated carbocycles. The monoisotopic (exact) mass is 352 g/mol. The number of non-ortho nitro benzene ring substituents is 1. The number of nitro groups is 1. The van der Waals surface area contributed by atoms with Gasteiger partial charge in [-0.25, -0.2) is 4.79 Å². The van der Waals surface area contributed by atoms with E-state index in [2.05, 4.69) is 5.32 Å². The molecule has 0 aliphatic carbocycles. The summed E-state index contributed by atoms with van der Waals surface area (Å²) in [6.07, 6.45) is -0.666. The van der Waals surface area contributed by atoms with Crippen molar-refractivity contribution in [2.24, 2.45) is 0 Å². The third kappa shape index (κ3) is 5.90. The Bertz CT molecular complexity index is 573. The Balaban J connectivity index is 0.00000441. The molecule has 0 aliphatic rings. The van der Waals surface area contributed by atoms with Crippen LogP contribution in [0.25, 0.3) is 0 Å². The van der Waals surface area contributed by atoms with E-state index in [1.54, 1.807) is 0 Å². The maximum Gasteiger partial charge on any atom is 0.326 e. The van der Waals surface area contributed by atoms with E-state index in [1.165, 1.54) is 12.1 Å². The number of nitrogens with zero attached hydrogens (tertiary/aromatic N) is 1. The number of nitrogens with one attached hydrogen (secondary N) is 1. The minimum Gasteiger partial charge on any atom is -0.481 e. The Labute approximate surface area is 134 Å². The van der Waals surface area contributed by atoms with Gasteiger partial charge in [0.1, 0.15) is 6.04 Å². The fourth-order valence-corrected chi connectivity index (χ4v) is 1.50. The van der Waals surface area contributed by atoms with E-state index in [0.717, 1.165) is 12.1 Å². The van der Waals surface area contributed by atoms with Crippen molar-refractivity contribution in [3.8, 4) is 0 Å². The molecule has 0 fully saturated rings. The van der Waals surface area contributed by atoms with Crippen LogP contribution in [-0.2, 0) is 26.7 Å². The van der Waals surface area contributed by atoms with Crippen LogP contribution in [-0.4, -0.2) is 39.0 Å². The van der Waals surface area contributed by atoms with Crippen LogP contribution in [0.2, 0.25) is 0 Å². The summed E-state index contributed by atoms with van der Waals surface area (Å²) in [6.45, 7) is 0. The number of hydrogen-bond donors (Lipinski definition) is 3. The van der Waals surface area contributed by atoms with Gasteiger partial charge in [-0.05, 0) is 18.6 Å². The van der Waals surface area contributed by atoms with Crippen molar-refractivity contribution in [1.82, 2.24) is 5.32 Å². The van der Waals surface area contributed by atoms with Gasteiger partial charge in [0.2, 0.25) is 0 Å². The first-order valence-corrected chi connectivity index (χ1v) is 5.81. The number of rotatable bonds is 7. The predicted octanol–water partition coefficient (Wildman–Crippen LogP) is 0.640. The zero-order valence-corrected chi connectivity index (χ0v) is 12.1. The van der Waals surface area contributed by atoms with Crippen molar-refractivity contribution in [1.29, 1.82) is 0 Å². The second-order valence-electron chi connectivity index (χ2n) is 4.10. The number of hydrogen-bond acceptors (Lipinski definition) is 5. The molecule has 1 amide bonds. The van der Waals surface area contributed by atoms with E-state index < -0.39 is 35.2 Å². The number of carbonyl (C=O) groups is 3. The van der Waals surface area contributed by atoms with Crippen molar-refractivity contribution in [3.63, 3.8) is 0 Å². The molecule has 1 aromatic carbocycles. The van der Waals surface area contributed by atoms with Crippen LogP contribution in [0.3, 0.4) is 0 Å². The fraction of sp³-hybridized carbons (Fsp3) is 0.250. The molecule has 120 valence electrons. The van der Waals surface area contributed by atoms with Gasteiger partial charge in [-0.15, -0.1) is 0 Å². The maximum atomic E-state index is 11.8. The van der Waals surface area contributed by atoms with Crippen LogP contribution in [0, 0.1) is 10.1 Å². The first-order valence-electron chi connectivity index (χ1n) is 5.81. The van der Waals surface area contributed by atoms with Crippen LogP contribution >= 0.6 is 0 Å². The van der Waals surface area contributed by atoms with Gasteiger partial charge in [0, 0.05) is 41.2 Å². The van der Waals surface area contributed by atoms with Gasteiger partial charge in [0.25, 0.3) is 11.6 Å². The van der Waals surface area contributed by atoms with Crippen molar-refractivity contribution in [3.05, 3.63) is 39.9 Å². The molecule has 0 aliphatic heterocycles. The molecule has 0 bridgehead atoms. The SMILES string of the molecule is O=C(O)CC[C@H](NC(=O)c1ccc([N+](=O)[O-])cc1)C(=O)O.[Fe]. The molecule has 1 atom stereocenters. The smallest absolute Gasteiger partial charge is 0.326 e. The molecular formula is C12H12FeN2O7. The standard InChI is InChI=1S/C12H12N2O7.Fe/c15-10(16)6-5-9(12(18)19)13-11(17)7-1-3-8(4-2-7)14(20)21;/h1-4,9H,5-6H2,(H,13,17)(H,15,16)(H,18,19);/t9-;/m0./s1. The van der Waals surface area contributed by atoms with Crippen molar-refractivity contribution in [2.75, 3.05) is 0 Å². The summed E-state index contributed by atoms with van der Waals surface area (Å²) >= 11 is 0. The summed E-state index contributed by atoms with van der Waals surface area (Å²) in [4.78, 5) is 43.0. The van der Waals surface area contributed by atoms with Crippen LogP contribution in [0.1, 0.15) is 23.2 Å². The first kappa shape index (κ1) is 19.5. The number of carboxylic acids is 2. The number of amides is 1. The molecule has 0 spiro atoms. The molecule has 3 N–H and O–H groups in total. The van der Waals surface area contributed by atoms with Gasteiger partial charge in [-0.1, -0.05) is 0 Å². The Morgan fingerprint density at radius 1 is 1.18 bits per heavy atom. The zero-order chi connectivity index (χ0) is 16.0. The molecule has 0 aromatic heterocycles. The molecular weight excluding hydrogens is 340 g/mol. The van der Waals surface area contributed by atoms with Gasteiger partial charge in [0.05, 0.1) is 4.92 Å². The quantitative estimate of drug-likeness (QED) is 0.371. The van der Waals surface area contributed by atoms with Crippen LogP contribution < -0.4 is 5.32 Å². The van der Waals surface area contributed by atoms with Gasteiger partial charge in [0.15, 0.2) is 0 Å². The van der Waals surface area contributed by atoms with E-state index in [-0.39, 0.29) is 34.7 Å². The average Bonchev–Trinajstić information content (AvgIpc) is 2.42. The summed E-state index contributed by atoms with van der Waals surface area (Å²) in [5.74, 6) is -3.28. The minimum absolute atomic E-state index is 0. The van der Waals surface area contributed by atoms with E-state index >= 15 is 0 Å². The maximum absolute atomic E-state index is 11.8. The van der Waals surface area contributed by atoms with Gasteiger partial charge < -0.3 is 15.5 Å². The van der Waals surface area contributed by atoms with E-state index in [9.17, 15) is 24.5 Å². The number of carboxylic acid groups (broad SMARTS) is 2. The van der Waals surface area contributed by atoms with Gasteiger partial charge >= 0.3 is 11.9 Å². The minimum atomic E-state index is -1.36. The van der Waals surface area contributed by atoms with Crippen LogP contribution in [0.5, 0.6) is 0 Å². The molecule has 0 unspecified atom stereocenters. The summed E-state index contributed by atoms with van der Waals surface area (Å²) in [6, 6.07) is 3.25. The summed E-state index contributed by atoms with van der Waals surface area (Å²) < 4.78 is 0. The molecule has 9 nitrogen and oxygen atoms in total. The predicted molar refractivity (Wildman–Crippen MR) is 68.9 cm³/mol. The Kier molecular flexibility index (Phi) is 7.78. The topological polar surface area (TPSA) is 147 Å². The molecule has 1 aromatic rings. The number of carbonyl (C=O) groups excluding carboxylic acids is 1. The third-order valence-corrected chi connectivity index (χ3v) is 2.59. The van der Waals surface area contributed by atoms with E-state index in [0.29, 0.717) is 0 Å². The summed E-state index contributed by atoms with van der Waals surface area (Å²) in [7, 11) is 0. The fourth-order valence-electron chi connectivity index (χ4n) is 1.50. The summed E-state index contributed by atoms with van der Waals surface area (Å²) in [5, 5.41) is 30.0. The molecule has 0 saturated heterocycles. The average molecular weight is 352 g/mol. The third-order valence-electron chi connectivity index (χ3n) is 2.59. The van der Waals surface area contributed by atoms with Crippen molar-refractivity contribution < 1.29 is 46.6 Å². The van der Waals surface area contributed by atoms with E-state index in [4.69, 9.17) is 10.2 Å². The largest absolute Gasteiger partial charge is 0.481 e. The van der Waals surface area contributed by atoms with E-state index in [1.807, 2.05) is 0 Å². The Morgan fingerprint density at radius 2 is 1.73 bits per heavy atom. The van der Waals surface area contributed by atoms with Gasteiger partial charge in [-0.3, -0.25) is 19.7 Å². The summed E-state index contributed by atoms with van der Waals surface area (Å²) in [5.41, 5.74) is -0.158. The number of aliphatic carboxylic acids is 2. The van der Waals surface area contributed by atoms with Crippen molar-refractivity contribution in [2.45, 2.75) is 18.9 Å². The zero-order valence-electron chi connectivity index (χ0n) is 11.0. The van der Waals surface area contributed by atoms with Crippen LogP contribution in [0.15, 0.2) is 24.3 Å². The Morgan fingerprint density at radius 3 is 2.14 bits per heavy atom. The Hall–Kier alpha value is -2.45. The second-order valence-corrected chi connectivity index (χ2v) is 4.10. The normalized spacial score (nSPS) is 10.9. The van der Waals surface area contributed by atoms with Crippen molar-refractivity contribution >= 4 is 23.5 Å². The number of benzene rings is 1. The van der Waals surface area contributed by atoms with Crippen LogP contribution in [0.4, 0.5) is 5.69 Å². The molecule has 22 heavy (non-hydrogen) atoms. The molecule has 0 heterocycles. The second kappa shape index (κ2) is 8.75. The number of nitro benzene ring substituents is 1. The van der Waals surface area contributed by atoms with Gasteiger partial charge in [-0.2, -0.15) is 0 Å².